The number of aromatic nitrogens is 1. The molecule has 0 saturated heterocycles. The highest BCUT2D eigenvalue weighted by molar-refractivity contribution is 6.08. The van der Waals surface area contributed by atoms with Crippen LogP contribution in [0.5, 0.6) is 5.75 Å². The molecule has 3 atom stereocenters. The normalized spacial score (nSPS) is 20.8. The number of carbonyl (C=O) groups excluding carboxylic acids is 3. The highest BCUT2D eigenvalue weighted by atomic mass is 16.5. The van der Waals surface area contributed by atoms with Crippen molar-refractivity contribution < 1.29 is 23.9 Å². The van der Waals surface area contributed by atoms with Gasteiger partial charge in [-0.15, -0.1) is 0 Å². The predicted octanol–water partition coefficient (Wildman–Crippen LogP) is 10.1. The number of esters is 1. The van der Waals surface area contributed by atoms with E-state index < -0.39 is 5.97 Å². The molecule has 270 valence electrons. The van der Waals surface area contributed by atoms with E-state index in [4.69, 9.17) is 9.47 Å². The van der Waals surface area contributed by atoms with Crippen molar-refractivity contribution in [1.82, 2.24) is 4.57 Å². The number of fused-ring (bicyclic) bond motifs is 1. The first-order chi connectivity index (χ1) is 23.9. The number of aryl methyl sites for hydroxylation is 2. The summed E-state index contributed by atoms with van der Waals surface area (Å²) in [5, 5.41) is 4.07. The van der Waals surface area contributed by atoms with Gasteiger partial charge in [-0.2, -0.15) is 0 Å². The fourth-order valence-electron chi connectivity index (χ4n) is 8.35. The predicted molar refractivity (Wildman–Crippen MR) is 202 cm³/mol. The number of anilines is 1. The highest BCUT2D eigenvalue weighted by Crippen LogP contribution is 2.38. The van der Waals surface area contributed by atoms with Crippen LogP contribution >= 0.6 is 0 Å². The third-order valence-corrected chi connectivity index (χ3v) is 11.2. The zero-order valence-corrected chi connectivity index (χ0v) is 31.5. The number of ketones is 1. The maximum atomic E-state index is 13.9. The van der Waals surface area contributed by atoms with Gasteiger partial charge in [-0.1, -0.05) is 83.6 Å². The van der Waals surface area contributed by atoms with E-state index in [0.717, 1.165) is 73.8 Å². The van der Waals surface area contributed by atoms with Gasteiger partial charge in [-0.25, -0.2) is 4.79 Å². The lowest BCUT2D eigenvalue weighted by molar-refractivity contribution is -0.119. The minimum atomic E-state index is -0.521. The number of ether oxygens (including phenoxy) is 2. The Bertz CT molecular complexity index is 1720. The molecule has 7 nitrogen and oxygen atoms in total. The van der Waals surface area contributed by atoms with E-state index in [-0.39, 0.29) is 28.6 Å². The highest BCUT2D eigenvalue weighted by Gasteiger charge is 2.28. The molecule has 0 bridgehead atoms. The molecule has 2 aliphatic carbocycles. The molecule has 2 aliphatic rings. The van der Waals surface area contributed by atoms with E-state index in [1.807, 2.05) is 29.8 Å². The summed E-state index contributed by atoms with van der Waals surface area (Å²) in [7, 11) is 4.77. The molecule has 0 aliphatic heterocycles. The summed E-state index contributed by atoms with van der Waals surface area (Å²) in [6.07, 6.45) is 16.7. The number of nitrogens with one attached hydrogen (secondary N) is 1. The van der Waals surface area contributed by atoms with E-state index in [2.05, 4.69) is 51.2 Å². The van der Waals surface area contributed by atoms with Crippen LogP contribution in [0, 0.1) is 17.8 Å². The summed E-state index contributed by atoms with van der Waals surface area (Å²) in [5.74, 6) is 1.45. The maximum absolute atomic E-state index is 13.9. The molecule has 1 heterocycles. The van der Waals surface area contributed by atoms with Crippen LogP contribution in [0.2, 0.25) is 0 Å². The molecule has 2 saturated carbocycles. The molecule has 2 aromatic carbocycles. The Balaban J connectivity index is 1.28. The fourth-order valence-corrected chi connectivity index (χ4v) is 8.35. The van der Waals surface area contributed by atoms with Crippen LogP contribution in [-0.2, 0) is 28.4 Å². The van der Waals surface area contributed by atoms with Crippen LogP contribution in [-0.4, -0.2) is 36.4 Å². The zero-order valence-electron chi connectivity index (χ0n) is 31.5. The Kier molecular flexibility index (Phi) is 12.3. The molecule has 5 rings (SSSR count). The van der Waals surface area contributed by atoms with Gasteiger partial charge in [0.05, 0.1) is 25.4 Å². The van der Waals surface area contributed by atoms with Crippen LogP contribution in [0.1, 0.15) is 137 Å². The Morgan fingerprint density at radius 3 is 2.46 bits per heavy atom. The van der Waals surface area contributed by atoms with E-state index in [9.17, 15) is 14.4 Å². The summed E-state index contributed by atoms with van der Waals surface area (Å²) >= 11 is 0. The quantitative estimate of drug-likeness (QED) is 0.124. The largest absolute Gasteiger partial charge is 0.494 e. The topological polar surface area (TPSA) is 86.6 Å². The number of para-hydroxylation sites is 1. The monoisotopic (exact) mass is 682 g/mol. The lowest BCUT2D eigenvalue weighted by atomic mass is 9.77. The van der Waals surface area contributed by atoms with E-state index in [1.165, 1.54) is 57.5 Å². The standard InChI is InChI=1S/C43H58N2O5/c1-8-12-29-15-10-17-32(23-29)38(46)24-30-14-9-13-28(19-20-30)21-22-31-16-11-18-33-25-37(45(5)39(31)33)41(47)44-36-27-34(43(2,3)4)26-35(40(36)49-6)42(48)50-7/h11,16,18,24-29,32H,8-10,12-15,17,19-23H2,1-7H3,(H,44,47). The minimum Gasteiger partial charge on any atom is -0.494 e. The second-order valence-electron chi connectivity index (χ2n) is 15.8. The number of methoxy groups -OCH3 is 2. The molecular formula is C43H58N2O5. The third-order valence-electron chi connectivity index (χ3n) is 11.2. The zero-order chi connectivity index (χ0) is 36.0. The molecule has 0 spiro atoms. The first kappa shape index (κ1) is 37.4. The van der Waals surface area contributed by atoms with Gasteiger partial charge in [-0.05, 0) is 104 Å². The van der Waals surface area contributed by atoms with Crippen LogP contribution in [0.15, 0.2) is 48.0 Å². The first-order valence-corrected chi connectivity index (χ1v) is 18.9. The van der Waals surface area contributed by atoms with Gasteiger partial charge in [0.25, 0.3) is 5.91 Å². The van der Waals surface area contributed by atoms with Crippen molar-refractivity contribution in [2.24, 2.45) is 24.8 Å². The van der Waals surface area contributed by atoms with Crippen LogP contribution in [0.25, 0.3) is 10.9 Å². The maximum Gasteiger partial charge on any atom is 0.341 e. The van der Waals surface area contributed by atoms with Crippen LogP contribution in [0.4, 0.5) is 5.69 Å². The number of rotatable bonds is 11. The van der Waals surface area contributed by atoms with Gasteiger partial charge in [-0.3, -0.25) is 9.59 Å². The Morgan fingerprint density at radius 1 is 0.960 bits per heavy atom. The minimum absolute atomic E-state index is 0.234. The Hall–Kier alpha value is -3.87. The molecule has 7 heteroatoms. The SMILES string of the molecule is CCCC1CCCC(C(=O)C=C2CCCC(CCc3cccc4cc(C(=O)Nc5cc(C(C)(C)C)cc(C(=O)OC)c5OC)n(C)c34)CC2)C1. The average molecular weight is 683 g/mol. The van der Waals surface area contributed by atoms with Crippen molar-refractivity contribution in [3.8, 4) is 5.75 Å². The molecule has 1 amide bonds. The summed E-state index contributed by atoms with van der Waals surface area (Å²) in [5.41, 5.74) is 5.50. The molecular weight excluding hydrogens is 624 g/mol. The Morgan fingerprint density at radius 2 is 1.74 bits per heavy atom. The number of benzene rings is 2. The van der Waals surface area contributed by atoms with Crippen LogP contribution < -0.4 is 10.1 Å². The summed E-state index contributed by atoms with van der Waals surface area (Å²) in [6, 6.07) is 11.9. The van der Waals surface area contributed by atoms with Crippen LogP contribution in [0.3, 0.4) is 0 Å². The molecule has 0 radical (unpaired) electrons. The number of amides is 1. The van der Waals surface area contributed by atoms with Gasteiger partial charge >= 0.3 is 5.97 Å². The number of hydrogen-bond donors (Lipinski definition) is 1. The number of nitrogens with zero attached hydrogens (tertiary/aromatic N) is 1. The third kappa shape index (κ3) is 8.70. The Labute approximate surface area is 299 Å². The molecule has 2 fully saturated rings. The molecule has 3 aromatic rings. The smallest absolute Gasteiger partial charge is 0.341 e. The number of hydrogen-bond acceptors (Lipinski definition) is 5. The lowest BCUT2D eigenvalue weighted by Gasteiger charge is -2.27. The van der Waals surface area contributed by atoms with Gasteiger partial charge in [0.1, 0.15) is 11.3 Å². The molecule has 1 aromatic heterocycles. The summed E-state index contributed by atoms with van der Waals surface area (Å²) < 4.78 is 12.7. The van der Waals surface area contributed by atoms with Gasteiger partial charge < -0.3 is 19.4 Å². The van der Waals surface area contributed by atoms with Crippen molar-refractivity contribution in [2.75, 3.05) is 19.5 Å². The van der Waals surface area contributed by atoms with Crippen molar-refractivity contribution in [3.63, 3.8) is 0 Å². The van der Waals surface area contributed by atoms with Gasteiger partial charge in [0.15, 0.2) is 11.5 Å². The number of carbonyl (C=O) groups is 3. The fraction of sp³-hybridized carbons (Fsp3) is 0.558. The van der Waals surface area contributed by atoms with E-state index >= 15 is 0 Å². The van der Waals surface area contributed by atoms with Crippen molar-refractivity contribution in [3.05, 3.63) is 70.4 Å². The van der Waals surface area contributed by atoms with Crippen molar-refractivity contribution in [2.45, 2.75) is 117 Å². The molecule has 1 N–H and O–H groups in total. The lowest BCUT2D eigenvalue weighted by Crippen LogP contribution is -2.22. The first-order valence-electron chi connectivity index (χ1n) is 18.9. The van der Waals surface area contributed by atoms with Gasteiger partial charge in [0.2, 0.25) is 0 Å². The molecule has 3 unspecified atom stereocenters. The summed E-state index contributed by atoms with van der Waals surface area (Å²) in [6.45, 7) is 8.42. The molecule has 50 heavy (non-hydrogen) atoms. The van der Waals surface area contributed by atoms with Crippen molar-refractivity contribution >= 4 is 34.3 Å². The van der Waals surface area contributed by atoms with E-state index in [1.54, 1.807) is 6.07 Å². The average Bonchev–Trinajstić information content (AvgIpc) is 3.28. The second-order valence-corrected chi connectivity index (χ2v) is 15.8. The van der Waals surface area contributed by atoms with E-state index in [0.29, 0.717) is 23.1 Å². The number of allylic oxidation sites excluding steroid dienone is 2. The van der Waals surface area contributed by atoms with Crippen molar-refractivity contribution in [1.29, 1.82) is 0 Å². The summed E-state index contributed by atoms with van der Waals surface area (Å²) in [4.78, 5) is 39.8. The van der Waals surface area contributed by atoms with Gasteiger partial charge in [0, 0.05) is 18.4 Å². The second kappa shape index (κ2) is 16.4.